The van der Waals surface area contributed by atoms with Crippen molar-refractivity contribution in [3.05, 3.63) is 72.5 Å². The lowest BCUT2D eigenvalue weighted by Crippen LogP contribution is -2.60. The smallest absolute Gasteiger partial charge is 0.329 e. The molecule has 152 valence electrons. The van der Waals surface area contributed by atoms with Crippen LogP contribution in [0.4, 0.5) is 10.5 Å². The van der Waals surface area contributed by atoms with E-state index in [0.717, 1.165) is 32.5 Å². The van der Waals surface area contributed by atoms with Gasteiger partial charge in [-0.1, -0.05) is 24.3 Å². The monoisotopic (exact) mass is 428 g/mol. The standard InChI is InChI=1S/C22H16N6O2S/c1-12-6-19-24-11-25-27(19)10-15(12)18-7-16-20(31-18)21(29)28(22(30)26-16)17-9-23-8-13-4-2-3-5-14(13)17/h2-11,16,20H,1H3,(H,26,30). The lowest BCUT2D eigenvalue weighted by Gasteiger charge is -2.33. The van der Waals surface area contributed by atoms with Gasteiger partial charge >= 0.3 is 6.03 Å². The Morgan fingerprint density at radius 1 is 1.16 bits per heavy atom. The summed E-state index contributed by atoms with van der Waals surface area (Å²) in [7, 11) is 0. The van der Waals surface area contributed by atoms with Crippen LogP contribution >= 0.6 is 11.8 Å². The number of urea groups is 1. The summed E-state index contributed by atoms with van der Waals surface area (Å²) in [5.74, 6) is -0.248. The molecule has 0 saturated carbocycles. The van der Waals surface area contributed by atoms with Crippen molar-refractivity contribution in [3.8, 4) is 0 Å². The minimum Gasteiger partial charge on any atom is -0.329 e. The Morgan fingerprint density at radius 2 is 2.03 bits per heavy atom. The Labute approximate surface area is 181 Å². The number of nitrogens with zero attached hydrogens (tertiary/aromatic N) is 5. The van der Waals surface area contributed by atoms with Gasteiger partial charge in [-0.3, -0.25) is 9.78 Å². The number of anilines is 1. The average molecular weight is 428 g/mol. The number of thioether (sulfide) groups is 1. The number of carbonyl (C=O) groups is 2. The maximum Gasteiger partial charge on any atom is 0.329 e. The quantitative estimate of drug-likeness (QED) is 0.527. The van der Waals surface area contributed by atoms with Crippen molar-refractivity contribution in [2.24, 2.45) is 0 Å². The molecule has 3 aromatic heterocycles. The minimum absolute atomic E-state index is 0.248. The van der Waals surface area contributed by atoms with Crippen molar-refractivity contribution < 1.29 is 9.59 Å². The summed E-state index contributed by atoms with van der Waals surface area (Å²) in [6.45, 7) is 2.00. The van der Waals surface area contributed by atoms with E-state index in [4.69, 9.17) is 0 Å². The Bertz CT molecular complexity index is 1420. The number of aryl methyl sites for hydroxylation is 1. The molecular formula is C22H16N6O2S. The Hall–Kier alpha value is -3.72. The van der Waals surface area contributed by atoms with Gasteiger partial charge < -0.3 is 5.32 Å². The second kappa shape index (κ2) is 6.64. The van der Waals surface area contributed by atoms with Gasteiger partial charge in [0, 0.05) is 33.6 Å². The van der Waals surface area contributed by atoms with Crippen LogP contribution in [0.15, 0.2) is 61.3 Å². The van der Waals surface area contributed by atoms with E-state index in [0.29, 0.717) is 5.69 Å². The first kappa shape index (κ1) is 18.1. The third-order valence-electron chi connectivity index (χ3n) is 5.64. The van der Waals surface area contributed by atoms with Gasteiger partial charge in [0.2, 0.25) is 0 Å². The van der Waals surface area contributed by atoms with E-state index in [1.807, 2.05) is 49.5 Å². The molecule has 6 rings (SSSR count). The van der Waals surface area contributed by atoms with E-state index in [2.05, 4.69) is 20.4 Å². The molecule has 1 fully saturated rings. The molecule has 2 unspecified atom stereocenters. The van der Waals surface area contributed by atoms with Gasteiger partial charge in [0.15, 0.2) is 5.65 Å². The zero-order chi connectivity index (χ0) is 21.1. The number of nitrogens with one attached hydrogen (secondary N) is 1. The van der Waals surface area contributed by atoms with Crippen LogP contribution in [-0.2, 0) is 4.79 Å². The Kier molecular flexibility index (Phi) is 3.87. The number of pyridine rings is 2. The fraction of sp³-hybridized carbons (Fsp3) is 0.136. The molecular weight excluding hydrogens is 412 g/mol. The normalized spacial score (nSPS) is 20.8. The summed E-state index contributed by atoms with van der Waals surface area (Å²) in [6, 6.07) is 8.73. The number of imide groups is 1. The van der Waals surface area contributed by atoms with Crippen LogP contribution in [0.1, 0.15) is 11.1 Å². The van der Waals surface area contributed by atoms with Crippen molar-refractivity contribution >= 4 is 50.7 Å². The Balaban J connectivity index is 1.37. The first-order valence-electron chi connectivity index (χ1n) is 9.76. The molecule has 31 heavy (non-hydrogen) atoms. The molecule has 8 nitrogen and oxygen atoms in total. The summed E-state index contributed by atoms with van der Waals surface area (Å²) in [4.78, 5) is 37.0. The van der Waals surface area contributed by atoms with Crippen LogP contribution in [0.3, 0.4) is 0 Å². The van der Waals surface area contributed by atoms with Gasteiger partial charge in [0.1, 0.15) is 11.6 Å². The second-order valence-corrected chi connectivity index (χ2v) is 8.71. The highest BCUT2D eigenvalue weighted by atomic mass is 32.2. The predicted octanol–water partition coefficient (Wildman–Crippen LogP) is 3.17. The van der Waals surface area contributed by atoms with E-state index in [-0.39, 0.29) is 11.9 Å². The van der Waals surface area contributed by atoms with Gasteiger partial charge in [0.05, 0.1) is 17.9 Å². The van der Waals surface area contributed by atoms with Crippen molar-refractivity contribution in [2.45, 2.75) is 18.2 Å². The third-order valence-corrected chi connectivity index (χ3v) is 7.00. The fourth-order valence-corrected chi connectivity index (χ4v) is 5.47. The third kappa shape index (κ3) is 2.73. The van der Waals surface area contributed by atoms with Crippen molar-refractivity contribution in [1.82, 2.24) is 24.9 Å². The Morgan fingerprint density at radius 3 is 2.94 bits per heavy atom. The van der Waals surface area contributed by atoms with Crippen LogP contribution < -0.4 is 10.2 Å². The van der Waals surface area contributed by atoms with Gasteiger partial charge in [-0.2, -0.15) is 5.10 Å². The molecule has 5 heterocycles. The summed E-state index contributed by atoms with van der Waals surface area (Å²) < 4.78 is 1.71. The molecule has 2 aliphatic rings. The van der Waals surface area contributed by atoms with E-state index in [1.165, 1.54) is 23.0 Å². The molecule has 1 aromatic carbocycles. The number of benzene rings is 1. The van der Waals surface area contributed by atoms with Crippen molar-refractivity contribution in [1.29, 1.82) is 0 Å². The molecule has 1 saturated heterocycles. The van der Waals surface area contributed by atoms with Gasteiger partial charge in [-0.25, -0.2) is 19.2 Å². The van der Waals surface area contributed by atoms with Crippen LogP contribution in [0.25, 0.3) is 21.3 Å². The molecule has 0 bridgehead atoms. The van der Waals surface area contributed by atoms with Crippen molar-refractivity contribution in [3.63, 3.8) is 0 Å². The van der Waals surface area contributed by atoms with Gasteiger partial charge in [0.25, 0.3) is 5.91 Å². The predicted molar refractivity (Wildman–Crippen MR) is 119 cm³/mol. The molecule has 0 spiro atoms. The van der Waals surface area contributed by atoms with E-state index in [1.54, 1.807) is 16.9 Å². The highest BCUT2D eigenvalue weighted by Gasteiger charge is 2.45. The highest BCUT2D eigenvalue weighted by Crippen LogP contribution is 2.43. The molecule has 2 aliphatic heterocycles. The molecule has 2 atom stereocenters. The van der Waals surface area contributed by atoms with Gasteiger partial charge in [-0.05, 0) is 24.6 Å². The minimum atomic E-state index is -0.447. The van der Waals surface area contributed by atoms with E-state index >= 15 is 0 Å². The zero-order valence-electron chi connectivity index (χ0n) is 16.4. The van der Waals surface area contributed by atoms with Crippen LogP contribution in [0, 0.1) is 6.92 Å². The SMILES string of the molecule is Cc1cc2ncnn2cc1C1=CC2NC(=O)N(c3cncc4ccccc34)C(=O)C2S1. The summed E-state index contributed by atoms with van der Waals surface area (Å²) in [6.07, 6.45) is 8.66. The van der Waals surface area contributed by atoms with Crippen LogP contribution in [0.5, 0.6) is 0 Å². The summed E-state index contributed by atoms with van der Waals surface area (Å²) in [5.41, 5.74) is 3.26. The van der Waals surface area contributed by atoms with Crippen LogP contribution in [-0.4, -0.2) is 42.8 Å². The largest absolute Gasteiger partial charge is 0.329 e. The second-order valence-electron chi connectivity index (χ2n) is 7.53. The first-order chi connectivity index (χ1) is 15.1. The number of rotatable bonds is 2. The number of aromatic nitrogens is 4. The summed E-state index contributed by atoms with van der Waals surface area (Å²) >= 11 is 1.46. The first-order valence-corrected chi connectivity index (χ1v) is 10.6. The van der Waals surface area contributed by atoms with Crippen LogP contribution in [0.2, 0.25) is 0 Å². The lowest BCUT2D eigenvalue weighted by molar-refractivity contribution is -0.118. The van der Waals surface area contributed by atoms with E-state index < -0.39 is 11.3 Å². The fourth-order valence-electron chi connectivity index (χ4n) is 4.13. The molecule has 9 heteroatoms. The number of fused-ring (bicyclic) bond motifs is 3. The average Bonchev–Trinajstić information content (AvgIpc) is 3.39. The molecule has 3 amide bonds. The molecule has 1 N–H and O–H groups in total. The molecule has 4 aromatic rings. The molecule has 0 aliphatic carbocycles. The van der Waals surface area contributed by atoms with E-state index in [9.17, 15) is 9.59 Å². The topological polar surface area (TPSA) is 92.5 Å². The van der Waals surface area contributed by atoms with Crippen molar-refractivity contribution in [2.75, 3.05) is 4.90 Å². The number of carbonyl (C=O) groups excluding carboxylic acids is 2. The molecule has 0 radical (unpaired) electrons. The van der Waals surface area contributed by atoms with Gasteiger partial charge in [-0.15, -0.1) is 11.8 Å². The maximum atomic E-state index is 13.4. The number of hydrogen-bond donors (Lipinski definition) is 1. The lowest BCUT2D eigenvalue weighted by atomic mass is 10.1. The number of hydrogen-bond acceptors (Lipinski definition) is 6. The number of amides is 3. The maximum absolute atomic E-state index is 13.4. The highest BCUT2D eigenvalue weighted by molar-refractivity contribution is 8.09. The zero-order valence-corrected chi connectivity index (χ0v) is 17.2. The summed E-state index contributed by atoms with van der Waals surface area (Å²) in [5, 5.41) is 8.42.